The van der Waals surface area contributed by atoms with E-state index in [1.807, 2.05) is 18.2 Å². The van der Waals surface area contributed by atoms with Crippen LogP contribution in [0, 0.1) is 0 Å². The fourth-order valence-electron chi connectivity index (χ4n) is 3.87. The van der Waals surface area contributed by atoms with Crippen molar-refractivity contribution in [1.29, 1.82) is 0 Å². The summed E-state index contributed by atoms with van der Waals surface area (Å²) < 4.78 is 17.1. The van der Waals surface area contributed by atoms with Gasteiger partial charge in [0, 0.05) is 36.7 Å². The van der Waals surface area contributed by atoms with Gasteiger partial charge in [-0.15, -0.1) is 0 Å². The van der Waals surface area contributed by atoms with E-state index in [9.17, 15) is 9.90 Å². The van der Waals surface area contributed by atoms with Crippen LogP contribution in [0.1, 0.15) is 16.7 Å². The van der Waals surface area contributed by atoms with Crippen LogP contribution < -0.4 is 15.8 Å². The van der Waals surface area contributed by atoms with Gasteiger partial charge in [-0.1, -0.05) is 36.4 Å². The van der Waals surface area contributed by atoms with Gasteiger partial charge in [-0.3, -0.25) is 4.79 Å². The summed E-state index contributed by atoms with van der Waals surface area (Å²) in [6.45, 7) is 1.90. The Bertz CT molecular complexity index is 1280. The van der Waals surface area contributed by atoms with Gasteiger partial charge >= 0.3 is 5.97 Å². The molecule has 176 valence electrons. The molecule has 7 nitrogen and oxygen atoms in total. The third-order valence-electron chi connectivity index (χ3n) is 5.57. The second-order valence-electron chi connectivity index (χ2n) is 7.95. The summed E-state index contributed by atoms with van der Waals surface area (Å²) in [7, 11) is 1.66. The average Bonchev–Trinajstić information content (AvgIpc) is 3.26. The number of benzene rings is 3. The van der Waals surface area contributed by atoms with Crippen LogP contribution in [0.4, 0.5) is 5.69 Å². The molecule has 0 unspecified atom stereocenters. The van der Waals surface area contributed by atoms with E-state index in [4.69, 9.17) is 19.6 Å². The summed E-state index contributed by atoms with van der Waals surface area (Å²) in [6.07, 6.45) is 1.59. The van der Waals surface area contributed by atoms with E-state index in [2.05, 4.69) is 29.6 Å². The van der Waals surface area contributed by atoms with Gasteiger partial charge in [0.05, 0.1) is 25.0 Å². The van der Waals surface area contributed by atoms with E-state index in [0.717, 1.165) is 38.9 Å². The van der Waals surface area contributed by atoms with Crippen LogP contribution in [0.15, 0.2) is 71.3 Å². The third kappa shape index (κ3) is 5.39. The van der Waals surface area contributed by atoms with Crippen LogP contribution >= 0.6 is 0 Å². The van der Waals surface area contributed by atoms with E-state index >= 15 is 0 Å². The monoisotopic (exact) mass is 460 g/mol. The van der Waals surface area contributed by atoms with Gasteiger partial charge in [-0.25, -0.2) is 0 Å². The SMILES string of the molecule is COCCNc1cc(-c2cccc(CN)c2)cc2c(COc3ccccc3CC(=O)O)coc12. The lowest BCUT2D eigenvalue weighted by Crippen LogP contribution is -2.08. The Morgan fingerprint density at radius 3 is 2.71 bits per heavy atom. The quantitative estimate of drug-likeness (QED) is 0.275. The molecule has 0 radical (unpaired) electrons. The Labute approximate surface area is 198 Å². The minimum atomic E-state index is -0.902. The molecule has 0 aliphatic rings. The van der Waals surface area contributed by atoms with Gasteiger partial charge in [-0.2, -0.15) is 0 Å². The molecular weight excluding hydrogens is 432 g/mol. The van der Waals surface area contributed by atoms with E-state index in [1.165, 1.54) is 0 Å². The summed E-state index contributed by atoms with van der Waals surface area (Å²) in [5.41, 5.74) is 12.1. The number of fused-ring (bicyclic) bond motifs is 1. The van der Waals surface area contributed by atoms with Crippen LogP contribution in [0.25, 0.3) is 22.1 Å². The number of carboxylic acid groups (broad SMARTS) is 1. The molecule has 0 fully saturated rings. The molecule has 0 saturated heterocycles. The molecule has 3 aromatic carbocycles. The highest BCUT2D eigenvalue weighted by atomic mass is 16.5. The predicted octanol–water partition coefficient (Wildman–Crippen LogP) is 4.82. The molecule has 1 aromatic heterocycles. The standard InChI is InChI=1S/C27H28N2O5/c1-32-10-9-29-24-13-21(19-7-4-5-18(11-19)15-28)12-23-22(17-34-27(23)24)16-33-25-8-3-2-6-20(25)14-26(30)31/h2-8,11-13,17,29H,9-10,14-16,28H2,1H3,(H,30,31). The normalized spacial score (nSPS) is 11.0. The number of methoxy groups -OCH3 is 1. The number of furan rings is 1. The van der Waals surface area contributed by atoms with Gasteiger partial charge in [0.15, 0.2) is 5.58 Å². The van der Waals surface area contributed by atoms with Gasteiger partial charge in [0.1, 0.15) is 12.4 Å². The molecule has 0 bridgehead atoms. The zero-order valence-corrected chi connectivity index (χ0v) is 19.0. The molecule has 0 amide bonds. The average molecular weight is 461 g/mol. The first kappa shape index (κ1) is 23.4. The number of hydrogen-bond acceptors (Lipinski definition) is 6. The van der Waals surface area contributed by atoms with Crippen LogP contribution in [-0.2, 0) is 29.1 Å². The van der Waals surface area contributed by atoms with Crippen molar-refractivity contribution < 1.29 is 23.8 Å². The third-order valence-corrected chi connectivity index (χ3v) is 5.57. The molecular formula is C27H28N2O5. The molecule has 0 aliphatic carbocycles. The molecule has 4 aromatic rings. The molecule has 7 heteroatoms. The van der Waals surface area contributed by atoms with Crippen LogP contribution in [0.3, 0.4) is 0 Å². The van der Waals surface area contributed by atoms with Crippen molar-refractivity contribution in [3.05, 3.63) is 83.6 Å². The lowest BCUT2D eigenvalue weighted by molar-refractivity contribution is -0.136. The fraction of sp³-hybridized carbons (Fsp3) is 0.222. The molecule has 4 rings (SSSR count). The Kier molecular flexibility index (Phi) is 7.47. The van der Waals surface area contributed by atoms with Gasteiger partial charge in [-0.05, 0) is 41.0 Å². The number of ether oxygens (including phenoxy) is 2. The van der Waals surface area contributed by atoms with Crippen molar-refractivity contribution in [3.8, 4) is 16.9 Å². The first-order valence-corrected chi connectivity index (χ1v) is 11.1. The summed E-state index contributed by atoms with van der Waals surface area (Å²) in [6, 6.07) is 19.5. The molecule has 0 saturated carbocycles. The molecule has 34 heavy (non-hydrogen) atoms. The number of para-hydroxylation sites is 1. The Balaban J connectivity index is 1.69. The number of carboxylic acids is 1. The minimum Gasteiger partial charge on any atom is -0.488 e. The Morgan fingerprint density at radius 2 is 1.91 bits per heavy atom. The lowest BCUT2D eigenvalue weighted by Gasteiger charge is -2.12. The van der Waals surface area contributed by atoms with Crippen molar-refractivity contribution in [2.75, 3.05) is 25.6 Å². The lowest BCUT2D eigenvalue weighted by atomic mass is 9.99. The van der Waals surface area contributed by atoms with Crippen molar-refractivity contribution in [1.82, 2.24) is 0 Å². The number of rotatable bonds is 11. The first-order valence-electron chi connectivity index (χ1n) is 11.1. The highest BCUT2D eigenvalue weighted by Gasteiger charge is 2.15. The van der Waals surface area contributed by atoms with E-state index in [1.54, 1.807) is 31.6 Å². The number of aliphatic carboxylic acids is 1. The number of hydrogen-bond donors (Lipinski definition) is 3. The smallest absolute Gasteiger partial charge is 0.307 e. The highest BCUT2D eigenvalue weighted by Crippen LogP contribution is 2.35. The first-order chi connectivity index (χ1) is 16.6. The number of nitrogens with two attached hydrogens (primary N) is 1. The van der Waals surface area contributed by atoms with Crippen molar-refractivity contribution in [2.45, 2.75) is 19.6 Å². The molecule has 1 heterocycles. The summed E-state index contributed by atoms with van der Waals surface area (Å²) in [5, 5.41) is 13.5. The van der Waals surface area contributed by atoms with E-state index in [-0.39, 0.29) is 13.0 Å². The maximum Gasteiger partial charge on any atom is 0.307 e. The summed E-state index contributed by atoms with van der Waals surface area (Å²) >= 11 is 0. The molecule has 0 aliphatic heterocycles. The van der Waals surface area contributed by atoms with Crippen LogP contribution in [-0.4, -0.2) is 31.3 Å². The van der Waals surface area contributed by atoms with Gasteiger partial charge < -0.3 is 30.0 Å². The Morgan fingerprint density at radius 1 is 1.06 bits per heavy atom. The second-order valence-corrected chi connectivity index (χ2v) is 7.95. The van der Waals surface area contributed by atoms with Crippen LogP contribution in [0.2, 0.25) is 0 Å². The molecule has 0 atom stereocenters. The topological polar surface area (TPSA) is 107 Å². The maximum atomic E-state index is 11.2. The summed E-state index contributed by atoms with van der Waals surface area (Å²) in [5.74, 6) is -0.356. The van der Waals surface area contributed by atoms with Crippen molar-refractivity contribution in [3.63, 3.8) is 0 Å². The number of anilines is 1. The van der Waals surface area contributed by atoms with E-state index < -0.39 is 5.97 Å². The second kappa shape index (κ2) is 10.9. The van der Waals surface area contributed by atoms with Crippen molar-refractivity contribution >= 4 is 22.6 Å². The number of carbonyl (C=O) groups is 1. The minimum absolute atomic E-state index is 0.0997. The fourth-order valence-corrected chi connectivity index (χ4v) is 3.87. The zero-order valence-electron chi connectivity index (χ0n) is 19.0. The maximum absolute atomic E-state index is 11.2. The zero-order chi connectivity index (χ0) is 23.9. The Hall–Kier alpha value is -3.81. The van der Waals surface area contributed by atoms with Gasteiger partial charge in [0.25, 0.3) is 0 Å². The highest BCUT2D eigenvalue weighted by molar-refractivity contribution is 5.96. The summed E-state index contributed by atoms with van der Waals surface area (Å²) in [4.78, 5) is 11.2. The molecule has 4 N–H and O–H groups in total. The van der Waals surface area contributed by atoms with Crippen molar-refractivity contribution in [2.24, 2.45) is 5.73 Å². The van der Waals surface area contributed by atoms with E-state index in [0.29, 0.717) is 31.0 Å². The largest absolute Gasteiger partial charge is 0.488 e. The van der Waals surface area contributed by atoms with Gasteiger partial charge in [0.2, 0.25) is 0 Å². The molecule has 0 spiro atoms. The number of nitrogens with one attached hydrogen (secondary N) is 1. The van der Waals surface area contributed by atoms with Crippen LogP contribution in [0.5, 0.6) is 5.75 Å². The predicted molar refractivity (Wildman–Crippen MR) is 132 cm³/mol.